The predicted octanol–water partition coefficient (Wildman–Crippen LogP) is 2.08. The van der Waals surface area contributed by atoms with E-state index in [1.807, 2.05) is 0 Å². The van der Waals surface area contributed by atoms with Gasteiger partial charge in [-0.2, -0.15) is 0 Å². The lowest BCUT2D eigenvalue weighted by molar-refractivity contribution is 1.28. The molecule has 0 aliphatic carbocycles. The van der Waals surface area contributed by atoms with Crippen LogP contribution in [0.5, 0.6) is 0 Å². The molecule has 9 heavy (non-hydrogen) atoms. The van der Waals surface area contributed by atoms with Crippen LogP contribution in [0, 0.1) is 0 Å². The number of hydrogen-bond donors (Lipinski definition) is 1. The van der Waals surface area contributed by atoms with Crippen LogP contribution in [-0.2, 0) is 0 Å². The first-order valence-electron chi connectivity index (χ1n) is 2.26. The Morgan fingerprint density at radius 1 is 1.67 bits per heavy atom. The average molecular weight is 207 g/mol. The quantitative estimate of drug-likeness (QED) is 0.662. The molecule has 2 nitrogen and oxygen atoms in total. The van der Waals surface area contributed by atoms with Crippen molar-refractivity contribution in [3.05, 3.63) is 21.9 Å². The summed E-state index contributed by atoms with van der Waals surface area (Å²) in [4.78, 5) is 3.84. The highest BCUT2D eigenvalue weighted by Crippen LogP contribution is 2.19. The number of hydrogen-bond acceptors (Lipinski definition) is 2. The van der Waals surface area contributed by atoms with E-state index in [-0.39, 0.29) is 0 Å². The molecule has 1 aromatic rings. The Labute approximate surface area is 66.2 Å². The van der Waals surface area contributed by atoms with Crippen LogP contribution in [0.15, 0.2) is 16.9 Å². The van der Waals surface area contributed by atoms with Crippen molar-refractivity contribution in [1.82, 2.24) is 4.98 Å². The third-order valence-corrected chi connectivity index (χ3v) is 1.60. The maximum absolute atomic E-state index is 5.57. The van der Waals surface area contributed by atoms with Crippen LogP contribution in [-0.4, -0.2) is 4.98 Å². The minimum atomic E-state index is 0.484. The molecule has 0 aliphatic rings. The van der Waals surface area contributed by atoms with Gasteiger partial charge in [-0.05, 0) is 22.0 Å². The van der Waals surface area contributed by atoms with Gasteiger partial charge in [-0.25, -0.2) is 4.98 Å². The van der Waals surface area contributed by atoms with Crippen molar-refractivity contribution in [1.29, 1.82) is 0 Å². The third-order valence-electron chi connectivity index (χ3n) is 0.852. The van der Waals surface area contributed by atoms with Crippen molar-refractivity contribution >= 4 is 33.2 Å². The van der Waals surface area contributed by atoms with Gasteiger partial charge in [0.25, 0.3) is 0 Å². The number of aromatic nitrogens is 1. The lowest BCUT2D eigenvalue weighted by Gasteiger charge is -1.94. The summed E-state index contributed by atoms with van der Waals surface area (Å²) in [7, 11) is 0. The summed E-state index contributed by atoms with van der Waals surface area (Å²) >= 11 is 8.72. The summed E-state index contributed by atoms with van der Waals surface area (Å²) in [5, 5.41) is 0.484. The largest absolute Gasteiger partial charge is 0.397 e. The first-order valence-corrected chi connectivity index (χ1v) is 3.44. The number of halogens is 2. The summed E-state index contributed by atoms with van der Waals surface area (Å²) in [6.07, 6.45) is 1.50. The van der Waals surface area contributed by atoms with E-state index in [2.05, 4.69) is 20.9 Å². The van der Waals surface area contributed by atoms with Gasteiger partial charge in [0.05, 0.1) is 10.7 Å². The fourth-order valence-electron chi connectivity index (χ4n) is 0.427. The van der Waals surface area contributed by atoms with E-state index < -0.39 is 0 Å². The zero-order valence-corrected chi connectivity index (χ0v) is 6.78. The Hall–Kier alpha value is -0.280. The Bertz CT molecular complexity index is 226. The molecule has 1 heterocycles. The zero-order valence-electron chi connectivity index (χ0n) is 4.44. The fourth-order valence-corrected chi connectivity index (χ4v) is 0.880. The SMILES string of the molecule is Nc1cc(Br)ncc1Cl. The Kier molecular flexibility index (Phi) is 1.93. The van der Waals surface area contributed by atoms with Gasteiger partial charge >= 0.3 is 0 Å². The van der Waals surface area contributed by atoms with Gasteiger partial charge in [-0.1, -0.05) is 11.6 Å². The summed E-state index contributed by atoms with van der Waals surface area (Å²) in [5.41, 5.74) is 5.96. The van der Waals surface area contributed by atoms with Gasteiger partial charge in [0.1, 0.15) is 4.60 Å². The lowest BCUT2D eigenvalue weighted by Crippen LogP contribution is -1.86. The molecule has 0 atom stereocenters. The highest BCUT2D eigenvalue weighted by Gasteiger charge is 1.94. The standard InChI is InChI=1S/C5H4BrClN2/c6-5-1-4(8)3(7)2-9-5/h1-2H,(H2,8,9). The van der Waals surface area contributed by atoms with E-state index in [0.717, 1.165) is 0 Å². The monoisotopic (exact) mass is 206 g/mol. The molecule has 0 fully saturated rings. The third kappa shape index (κ3) is 1.56. The summed E-state index contributed by atoms with van der Waals surface area (Å²) in [6, 6.07) is 1.66. The van der Waals surface area contributed by atoms with Crippen molar-refractivity contribution in [2.24, 2.45) is 0 Å². The maximum atomic E-state index is 5.57. The van der Waals surface area contributed by atoms with E-state index in [1.54, 1.807) is 6.07 Å². The lowest BCUT2D eigenvalue weighted by atomic mass is 10.4. The Balaban J connectivity index is 3.17. The van der Waals surface area contributed by atoms with E-state index in [4.69, 9.17) is 17.3 Å². The number of rotatable bonds is 0. The molecule has 4 heteroatoms. The average Bonchev–Trinajstić information content (AvgIpc) is 1.80. The molecule has 2 N–H and O–H groups in total. The van der Waals surface area contributed by atoms with E-state index in [1.165, 1.54) is 6.20 Å². The second kappa shape index (κ2) is 2.54. The highest BCUT2D eigenvalue weighted by atomic mass is 79.9. The molecule has 0 spiro atoms. The Morgan fingerprint density at radius 2 is 2.33 bits per heavy atom. The van der Waals surface area contributed by atoms with E-state index in [9.17, 15) is 0 Å². The van der Waals surface area contributed by atoms with E-state index in [0.29, 0.717) is 15.3 Å². The molecule has 48 valence electrons. The van der Waals surface area contributed by atoms with Crippen LogP contribution in [0.1, 0.15) is 0 Å². The van der Waals surface area contributed by atoms with Gasteiger partial charge in [0.15, 0.2) is 0 Å². The second-order valence-electron chi connectivity index (χ2n) is 1.53. The first kappa shape index (κ1) is 6.83. The number of nitrogen functional groups attached to an aromatic ring is 1. The van der Waals surface area contributed by atoms with Crippen molar-refractivity contribution in [2.45, 2.75) is 0 Å². The molecule has 0 amide bonds. The maximum Gasteiger partial charge on any atom is 0.108 e. The molecule has 0 bridgehead atoms. The molecule has 0 aromatic carbocycles. The van der Waals surface area contributed by atoms with Crippen LogP contribution < -0.4 is 5.73 Å². The summed E-state index contributed by atoms with van der Waals surface area (Å²) in [6.45, 7) is 0. The van der Waals surface area contributed by atoms with Crippen molar-refractivity contribution < 1.29 is 0 Å². The highest BCUT2D eigenvalue weighted by molar-refractivity contribution is 9.10. The zero-order chi connectivity index (χ0) is 6.85. The van der Waals surface area contributed by atoms with Crippen molar-refractivity contribution in [2.75, 3.05) is 5.73 Å². The van der Waals surface area contributed by atoms with Gasteiger partial charge in [-0.15, -0.1) is 0 Å². The van der Waals surface area contributed by atoms with Crippen LogP contribution in [0.3, 0.4) is 0 Å². The molecule has 0 saturated heterocycles. The fraction of sp³-hybridized carbons (Fsp3) is 0. The minimum Gasteiger partial charge on any atom is -0.397 e. The molecular formula is C5H4BrClN2. The number of pyridine rings is 1. The van der Waals surface area contributed by atoms with Gasteiger partial charge in [-0.3, -0.25) is 0 Å². The number of nitrogens with zero attached hydrogens (tertiary/aromatic N) is 1. The second-order valence-corrected chi connectivity index (χ2v) is 2.75. The number of anilines is 1. The van der Waals surface area contributed by atoms with Crippen LogP contribution in [0.4, 0.5) is 5.69 Å². The molecule has 1 rings (SSSR count). The molecule has 0 aliphatic heterocycles. The topological polar surface area (TPSA) is 38.9 Å². The first-order chi connectivity index (χ1) is 4.20. The Morgan fingerprint density at radius 3 is 2.78 bits per heavy atom. The van der Waals surface area contributed by atoms with Gasteiger partial charge < -0.3 is 5.73 Å². The van der Waals surface area contributed by atoms with Crippen molar-refractivity contribution in [3.63, 3.8) is 0 Å². The normalized spacial score (nSPS) is 9.56. The summed E-state index contributed by atoms with van der Waals surface area (Å²) < 4.78 is 0.699. The smallest absolute Gasteiger partial charge is 0.108 e. The molecule has 1 aromatic heterocycles. The number of nitrogens with two attached hydrogens (primary N) is 1. The van der Waals surface area contributed by atoms with Gasteiger partial charge in [0.2, 0.25) is 0 Å². The molecule has 0 unspecified atom stereocenters. The van der Waals surface area contributed by atoms with Crippen LogP contribution in [0.25, 0.3) is 0 Å². The minimum absolute atomic E-state index is 0.484. The van der Waals surface area contributed by atoms with Gasteiger partial charge in [0, 0.05) is 6.20 Å². The molecule has 0 radical (unpaired) electrons. The van der Waals surface area contributed by atoms with Crippen LogP contribution >= 0.6 is 27.5 Å². The summed E-state index contributed by atoms with van der Waals surface area (Å²) in [5.74, 6) is 0. The van der Waals surface area contributed by atoms with Crippen LogP contribution in [0.2, 0.25) is 5.02 Å². The van der Waals surface area contributed by atoms with Crippen molar-refractivity contribution in [3.8, 4) is 0 Å². The predicted molar refractivity (Wildman–Crippen MR) is 41.4 cm³/mol. The molecular weight excluding hydrogens is 203 g/mol. The van der Waals surface area contributed by atoms with E-state index >= 15 is 0 Å². The molecule has 0 saturated carbocycles.